The third-order valence-electron chi connectivity index (χ3n) is 5.95. The summed E-state index contributed by atoms with van der Waals surface area (Å²) in [5.41, 5.74) is 2.92. The smallest absolute Gasteiger partial charge is 0.258 e. The molecule has 4 rings (SSSR count). The number of aromatic nitrogens is 1. The van der Waals surface area contributed by atoms with E-state index in [1.165, 1.54) is 0 Å². The number of nitrogens with zero attached hydrogens (tertiary/aromatic N) is 2. The molecule has 1 fully saturated rings. The first-order valence-corrected chi connectivity index (χ1v) is 10.9. The van der Waals surface area contributed by atoms with E-state index in [-0.39, 0.29) is 11.5 Å². The summed E-state index contributed by atoms with van der Waals surface area (Å²) in [4.78, 5) is 28.3. The second-order valence-corrected chi connectivity index (χ2v) is 8.13. The minimum atomic E-state index is -0.220. The summed E-state index contributed by atoms with van der Waals surface area (Å²) < 4.78 is 12.5. The van der Waals surface area contributed by atoms with Gasteiger partial charge in [0.25, 0.3) is 11.5 Å². The van der Waals surface area contributed by atoms with Crippen LogP contribution in [-0.4, -0.2) is 55.3 Å². The number of hydrogen-bond donors (Lipinski definition) is 1. The normalized spacial score (nSPS) is 14.5. The summed E-state index contributed by atoms with van der Waals surface area (Å²) in [6.45, 7) is 8.52. The molecule has 0 unspecified atom stereocenters. The molecule has 2 heterocycles. The predicted molar refractivity (Wildman–Crippen MR) is 126 cm³/mol. The van der Waals surface area contributed by atoms with Crippen molar-refractivity contribution in [3.05, 3.63) is 69.6 Å². The van der Waals surface area contributed by atoms with Crippen LogP contribution in [0.5, 0.6) is 5.75 Å². The Morgan fingerprint density at radius 1 is 1.06 bits per heavy atom. The van der Waals surface area contributed by atoms with Gasteiger partial charge in [-0.05, 0) is 55.3 Å². The molecular formula is C25H29N3O4. The fourth-order valence-electron chi connectivity index (χ4n) is 4.28. The lowest BCUT2D eigenvalue weighted by Gasteiger charge is -2.26. The summed E-state index contributed by atoms with van der Waals surface area (Å²) >= 11 is 0. The standard InChI is InChI=1S/C25H29N3O4/c1-17-15-19(16-18(2)23(17)31-3)24(29)26-22-6-4-5-21-20(22)7-8-28(25(21)30)10-9-27-11-13-32-14-12-27/h4-8,15-16H,9-14H2,1-3H3,(H,26,29). The van der Waals surface area contributed by atoms with E-state index in [9.17, 15) is 9.59 Å². The summed E-state index contributed by atoms with van der Waals surface area (Å²) in [6, 6.07) is 10.9. The van der Waals surface area contributed by atoms with Crippen LogP contribution < -0.4 is 15.6 Å². The highest BCUT2D eigenvalue weighted by Gasteiger charge is 2.15. The number of anilines is 1. The first kappa shape index (κ1) is 22.0. The minimum absolute atomic E-state index is 0.0528. The number of fused-ring (bicyclic) bond motifs is 1. The Morgan fingerprint density at radius 2 is 1.78 bits per heavy atom. The molecule has 3 aromatic rings. The van der Waals surface area contributed by atoms with E-state index in [0.29, 0.717) is 23.2 Å². The van der Waals surface area contributed by atoms with E-state index in [0.717, 1.165) is 55.1 Å². The molecule has 1 aliphatic heterocycles. The van der Waals surface area contributed by atoms with Crippen molar-refractivity contribution in [3.8, 4) is 5.75 Å². The van der Waals surface area contributed by atoms with Crippen molar-refractivity contribution >= 4 is 22.4 Å². The maximum Gasteiger partial charge on any atom is 0.258 e. The lowest BCUT2D eigenvalue weighted by molar-refractivity contribution is 0.0363. The third-order valence-corrected chi connectivity index (χ3v) is 5.95. The van der Waals surface area contributed by atoms with Crippen LogP contribution in [0.25, 0.3) is 10.8 Å². The van der Waals surface area contributed by atoms with Crippen LogP contribution in [0.1, 0.15) is 21.5 Å². The van der Waals surface area contributed by atoms with Gasteiger partial charge in [-0.15, -0.1) is 0 Å². The number of ether oxygens (including phenoxy) is 2. The number of benzene rings is 2. The van der Waals surface area contributed by atoms with E-state index in [1.54, 1.807) is 23.8 Å². The zero-order valence-electron chi connectivity index (χ0n) is 18.8. The Bertz CT molecular complexity index is 1170. The molecule has 0 radical (unpaired) electrons. The number of rotatable bonds is 6. The molecule has 2 aromatic carbocycles. The minimum Gasteiger partial charge on any atom is -0.496 e. The molecule has 1 saturated heterocycles. The third kappa shape index (κ3) is 4.54. The fourth-order valence-corrected chi connectivity index (χ4v) is 4.28. The van der Waals surface area contributed by atoms with Crippen molar-refractivity contribution in [1.29, 1.82) is 0 Å². The summed E-state index contributed by atoms with van der Waals surface area (Å²) in [7, 11) is 1.62. The Hall–Kier alpha value is -3.16. The summed E-state index contributed by atoms with van der Waals surface area (Å²) in [6.07, 6.45) is 1.81. The quantitative estimate of drug-likeness (QED) is 0.644. The topological polar surface area (TPSA) is 72.8 Å². The average Bonchev–Trinajstić information content (AvgIpc) is 2.79. The van der Waals surface area contributed by atoms with Crippen LogP contribution in [0.15, 0.2) is 47.4 Å². The lowest BCUT2D eigenvalue weighted by Crippen LogP contribution is -2.39. The maximum absolute atomic E-state index is 13.1. The molecule has 1 aromatic heterocycles. The highest BCUT2D eigenvalue weighted by molar-refractivity contribution is 6.09. The van der Waals surface area contributed by atoms with Crippen LogP contribution in [0.3, 0.4) is 0 Å². The molecule has 7 heteroatoms. The van der Waals surface area contributed by atoms with Crippen LogP contribution in [-0.2, 0) is 11.3 Å². The van der Waals surface area contributed by atoms with Gasteiger partial charge in [0.2, 0.25) is 0 Å². The molecule has 0 aliphatic carbocycles. The molecule has 32 heavy (non-hydrogen) atoms. The van der Waals surface area contributed by atoms with Gasteiger partial charge in [-0.25, -0.2) is 0 Å². The van der Waals surface area contributed by atoms with Crippen LogP contribution in [0.2, 0.25) is 0 Å². The molecule has 0 saturated carbocycles. The number of hydrogen-bond acceptors (Lipinski definition) is 5. The zero-order chi connectivity index (χ0) is 22.7. The zero-order valence-corrected chi connectivity index (χ0v) is 18.8. The molecular weight excluding hydrogens is 406 g/mol. The van der Waals surface area contributed by atoms with Crippen molar-refractivity contribution in [2.75, 3.05) is 45.3 Å². The Morgan fingerprint density at radius 3 is 2.47 bits per heavy atom. The van der Waals surface area contributed by atoms with E-state index >= 15 is 0 Å². The maximum atomic E-state index is 13.1. The van der Waals surface area contributed by atoms with E-state index in [2.05, 4.69) is 10.2 Å². The summed E-state index contributed by atoms with van der Waals surface area (Å²) in [5.74, 6) is 0.562. The Kier molecular flexibility index (Phi) is 6.58. The molecule has 0 atom stereocenters. The largest absolute Gasteiger partial charge is 0.496 e. The van der Waals surface area contributed by atoms with Crippen LogP contribution >= 0.6 is 0 Å². The van der Waals surface area contributed by atoms with Gasteiger partial charge in [0.05, 0.1) is 20.3 Å². The first-order valence-electron chi connectivity index (χ1n) is 10.9. The second kappa shape index (κ2) is 9.54. The van der Waals surface area contributed by atoms with Crippen LogP contribution in [0, 0.1) is 13.8 Å². The highest BCUT2D eigenvalue weighted by atomic mass is 16.5. The van der Waals surface area contributed by atoms with Gasteiger partial charge in [0, 0.05) is 54.4 Å². The van der Waals surface area contributed by atoms with Gasteiger partial charge in [-0.3, -0.25) is 14.5 Å². The van der Waals surface area contributed by atoms with Crippen molar-refractivity contribution in [2.24, 2.45) is 0 Å². The Balaban J connectivity index is 1.56. The Labute approximate surface area is 187 Å². The molecule has 7 nitrogen and oxygen atoms in total. The van der Waals surface area contributed by atoms with Crippen LogP contribution in [0.4, 0.5) is 5.69 Å². The van der Waals surface area contributed by atoms with Crippen molar-refractivity contribution in [3.63, 3.8) is 0 Å². The fraction of sp³-hybridized carbons (Fsp3) is 0.360. The average molecular weight is 436 g/mol. The van der Waals surface area contributed by atoms with Gasteiger partial charge < -0.3 is 19.4 Å². The second-order valence-electron chi connectivity index (χ2n) is 8.13. The van der Waals surface area contributed by atoms with Crippen molar-refractivity contribution < 1.29 is 14.3 Å². The van der Waals surface area contributed by atoms with Gasteiger partial charge in [-0.1, -0.05) is 6.07 Å². The predicted octanol–water partition coefficient (Wildman–Crippen LogP) is 3.21. The molecule has 1 N–H and O–H groups in total. The summed E-state index contributed by atoms with van der Waals surface area (Å²) in [5, 5.41) is 4.30. The van der Waals surface area contributed by atoms with Crippen molar-refractivity contribution in [2.45, 2.75) is 20.4 Å². The SMILES string of the molecule is COc1c(C)cc(C(=O)Nc2cccc3c(=O)n(CCN4CCOCC4)ccc23)cc1C. The van der Waals surface area contributed by atoms with Gasteiger partial charge in [0.15, 0.2) is 0 Å². The lowest BCUT2D eigenvalue weighted by atomic mass is 10.0. The first-order chi connectivity index (χ1) is 15.5. The molecule has 0 bridgehead atoms. The monoisotopic (exact) mass is 435 g/mol. The van der Waals surface area contributed by atoms with E-state index in [1.807, 2.05) is 44.3 Å². The highest BCUT2D eigenvalue weighted by Crippen LogP contribution is 2.26. The number of aryl methyl sites for hydroxylation is 2. The van der Waals surface area contributed by atoms with E-state index in [4.69, 9.17) is 9.47 Å². The molecule has 1 amide bonds. The number of carbonyl (C=O) groups excluding carboxylic acids is 1. The molecule has 1 aliphatic rings. The number of amides is 1. The van der Waals surface area contributed by atoms with Crippen molar-refractivity contribution in [1.82, 2.24) is 9.47 Å². The number of methoxy groups -OCH3 is 1. The van der Waals surface area contributed by atoms with Gasteiger partial charge >= 0.3 is 0 Å². The van der Waals surface area contributed by atoms with Gasteiger partial charge in [0.1, 0.15) is 5.75 Å². The van der Waals surface area contributed by atoms with Gasteiger partial charge in [-0.2, -0.15) is 0 Å². The molecule has 168 valence electrons. The number of nitrogens with one attached hydrogen (secondary N) is 1. The van der Waals surface area contributed by atoms with E-state index < -0.39 is 0 Å². The number of morpholine rings is 1. The number of carbonyl (C=O) groups is 1. The number of pyridine rings is 1. The molecule has 0 spiro atoms.